The normalized spacial score (nSPS) is 10.5. The molecule has 1 heterocycles. The van der Waals surface area contributed by atoms with E-state index in [0.29, 0.717) is 33.6 Å². The van der Waals surface area contributed by atoms with Gasteiger partial charge in [-0.2, -0.15) is 0 Å². The Bertz CT molecular complexity index is 1130. The molecule has 10 heteroatoms. The minimum atomic E-state index is -0.485. The highest BCUT2D eigenvalue weighted by Crippen LogP contribution is 2.29. The molecule has 0 unspecified atom stereocenters. The van der Waals surface area contributed by atoms with Crippen LogP contribution in [0.2, 0.25) is 5.02 Å². The first-order valence-electron chi connectivity index (χ1n) is 9.32. The van der Waals surface area contributed by atoms with Crippen LogP contribution in [-0.4, -0.2) is 41.0 Å². The maximum atomic E-state index is 12.7. The van der Waals surface area contributed by atoms with Crippen molar-refractivity contribution in [1.29, 1.82) is 0 Å². The molecular formula is C21H22ClN5O4. The van der Waals surface area contributed by atoms with Crippen LogP contribution >= 0.6 is 11.6 Å². The van der Waals surface area contributed by atoms with Gasteiger partial charge >= 0.3 is 0 Å². The molecule has 162 valence electrons. The van der Waals surface area contributed by atoms with Gasteiger partial charge in [-0.15, -0.1) is 5.10 Å². The molecule has 2 amide bonds. The SMILES string of the molecule is COc1ccc(OC)c(NC(=O)c2nnn(CC(=O)Nc3ccc(C)c(Cl)c3)c2C)c1. The second-order valence-electron chi connectivity index (χ2n) is 6.71. The topological polar surface area (TPSA) is 107 Å². The van der Waals surface area contributed by atoms with Crippen molar-refractivity contribution in [2.24, 2.45) is 0 Å². The standard InChI is InChI=1S/C21H22ClN5O4/c1-12-5-6-14(9-16(12)22)23-19(28)11-27-13(2)20(25-26-27)21(29)24-17-10-15(30-3)7-8-18(17)31-4/h5-10H,11H2,1-4H3,(H,23,28)(H,24,29). The number of rotatable bonds is 7. The predicted octanol–water partition coefficient (Wildman–Crippen LogP) is 3.46. The second kappa shape index (κ2) is 9.48. The first kappa shape index (κ1) is 22.1. The average molecular weight is 444 g/mol. The average Bonchev–Trinajstić information content (AvgIpc) is 3.10. The summed E-state index contributed by atoms with van der Waals surface area (Å²) in [6.07, 6.45) is 0. The molecule has 0 saturated carbocycles. The van der Waals surface area contributed by atoms with Crippen LogP contribution in [0.4, 0.5) is 11.4 Å². The molecule has 0 bridgehead atoms. The summed E-state index contributed by atoms with van der Waals surface area (Å²) in [6.45, 7) is 3.42. The van der Waals surface area contributed by atoms with Gasteiger partial charge in [0, 0.05) is 16.8 Å². The zero-order valence-electron chi connectivity index (χ0n) is 17.5. The summed E-state index contributed by atoms with van der Waals surface area (Å²) in [5, 5.41) is 13.9. The van der Waals surface area contributed by atoms with E-state index in [0.717, 1.165) is 5.56 Å². The van der Waals surface area contributed by atoms with Crippen LogP contribution in [0.25, 0.3) is 0 Å². The first-order chi connectivity index (χ1) is 14.8. The van der Waals surface area contributed by atoms with Crippen LogP contribution in [0.3, 0.4) is 0 Å². The minimum absolute atomic E-state index is 0.0936. The molecule has 2 aromatic carbocycles. The monoisotopic (exact) mass is 443 g/mol. The van der Waals surface area contributed by atoms with E-state index in [2.05, 4.69) is 20.9 Å². The van der Waals surface area contributed by atoms with Gasteiger partial charge in [0.15, 0.2) is 5.69 Å². The third kappa shape index (κ3) is 5.13. The zero-order valence-corrected chi connectivity index (χ0v) is 18.3. The van der Waals surface area contributed by atoms with Crippen LogP contribution in [0, 0.1) is 13.8 Å². The highest BCUT2D eigenvalue weighted by Gasteiger charge is 2.20. The van der Waals surface area contributed by atoms with E-state index in [9.17, 15) is 9.59 Å². The van der Waals surface area contributed by atoms with Gasteiger partial charge in [0.05, 0.1) is 25.6 Å². The molecule has 0 aliphatic carbocycles. The number of amides is 2. The van der Waals surface area contributed by atoms with E-state index in [1.165, 1.54) is 18.9 Å². The van der Waals surface area contributed by atoms with Crippen molar-refractivity contribution in [3.63, 3.8) is 0 Å². The van der Waals surface area contributed by atoms with E-state index in [1.54, 1.807) is 37.3 Å². The van der Waals surface area contributed by atoms with Crippen LogP contribution in [0.1, 0.15) is 21.7 Å². The lowest BCUT2D eigenvalue weighted by Gasteiger charge is -2.11. The van der Waals surface area contributed by atoms with Crippen molar-refractivity contribution in [2.75, 3.05) is 24.9 Å². The molecule has 3 rings (SSSR count). The van der Waals surface area contributed by atoms with Gasteiger partial charge in [0.25, 0.3) is 5.91 Å². The Morgan fingerprint density at radius 1 is 1.06 bits per heavy atom. The van der Waals surface area contributed by atoms with Crippen molar-refractivity contribution >= 4 is 34.8 Å². The number of aryl methyl sites for hydroxylation is 1. The molecule has 0 fully saturated rings. The Kier molecular flexibility index (Phi) is 6.76. The molecule has 0 atom stereocenters. The number of hydrogen-bond donors (Lipinski definition) is 2. The number of ether oxygens (including phenoxy) is 2. The number of nitrogens with one attached hydrogen (secondary N) is 2. The fourth-order valence-corrected chi connectivity index (χ4v) is 3.00. The summed E-state index contributed by atoms with van der Waals surface area (Å²) < 4.78 is 11.8. The van der Waals surface area contributed by atoms with E-state index >= 15 is 0 Å². The Labute approximate surface area is 184 Å². The number of benzene rings is 2. The minimum Gasteiger partial charge on any atom is -0.497 e. The molecule has 2 N–H and O–H groups in total. The lowest BCUT2D eigenvalue weighted by molar-refractivity contribution is -0.117. The quantitative estimate of drug-likeness (QED) is 0.579. The summed E-state index contributed by atoms with van der Waals surface area (Å²) >= 11 is 6.09. The highest BCUT2D eigenvalue weighted by molar-refractivity contribution is 6.31. The Morgan fingerprint density at radius 2 is 1.84 bits per heavy atom. The molecular weight excluding hydrogens is 422 g/mol. The zero-order chi connectivity index (χ0) is 22.5. The number of nitrogens with zero attached hydrogens (tertiary/aromatic N) is 3. The van der Waals surface area contributed by atoms with Gasteiger partial charge in [-0.3, -0.25) is 9.59 Å². The Morgan fingerprint density at radius 3 is 2.52 bits per heavy atom. The van der Waals surface area contributed by atoms with Gasteiger partial charge in [-0.1, -0.05) is 22.9 Å². The molecule has 1 aromatic heterocycles. The molecule has 0 radical (unpaired) electrons. The number of halogens is 1. The molecule has 0 spiro atoms. The highest BCUT2D eigenvalue weighted by atomic mass is 35.5. The van der Waals surface area contributed by atoms with Gasteiger partial charge in [0.2, 0.25) is 5.91 Å². The third-order valence-electron chi connectivity index (χ3n) is 4.60. The Balaban J connectivity index is 1.71. The molecule has 0 saturated heterocycles. The van der Waals surface area contributed by atoms with Crippen molar-refractivity contribution in [3.8, 4) is 11.5 Å². The molecule has 9 nitrogen and oxygen atoms in total. The van der Waals surface area contributed by atoms with Crippen molar-refractivity contribution < 1.29 is 19.1 Å². The van der Waals surface area contributed by atoms with Crippen LogP contribution in [-0.2, 0) is 11.3 Å². The lowest BCUT2D eigenvalue weighted by Crippen LogP contribution is -2.21. The van der Waals surface area contributed by atoms with Crippen molar-refractivity contribution in [1.82, 2.24) is 15.0 Å². The van der Waals surface area contributed by atoms with Crippen LogP contribution in [0.15, 0.2) is 36.4 Å². The smallest absolute Gasteiger partial charge is 0.278 e. The summed E-state index contributed by atoms with van der Waals surface area (Å²) in [5.74, 6) is 0.218. The number of hydrogen-bond acceptors (Lipinski definition) is 6. The van der Waals surface area contributed by atoms with E-state index in [-0.39, 0.29) is 18.1 Å². The number of aromatic nitrogens is 3. The maximum Gasteiger partial charge on any atom is 0.278 e. The van der Waals surface area contributed by atoms with E-state index < -0.39 is 5.91 Å². The summed E-state index contributed by atoms with van der Waals surface area (Å²) in [6, 6.07) is 10.3. The summed E-state index contributed by atoms with van der Waals surface area (Å²) in [7, 11) is 3.03. The van der Waals surface area contributed by atoms with Gasteiger partial charge in [-0.05, 0) is 43.7 Å². The lowest BCUT2D eigenvalue weighted by atomic mass is 10.2. The van der Waals surface area contributed by atoms with Gasteiger partial charge in [0.1, 0.15) is 18.0 Å². The fraction of sp³-hybridized carbons (Fsp3) is 0.238. The van der Waals surface area contributed by atoms with Crippen molar-refractivity contribution in [3.05, 3.63) is 58.4 Å². The molecule has 31 heavy (non-hydrogen) atoms. The second-order valence-corrected chi connectivity index (χ2v) is 7.12. The molecule has 0 aliphatic heterocycles. The maximum absolute atomic E-state index is 12.7. The largest absolute Gasteiger partial charge is 0.497 e. The van der Waals surface area contributed by atoms with E-state index in [1.807, 2.05) is 13.0 Å². The fourth-order valence-electron chi connectivity index (χ4n) is 2.82. The number of carbonyl (C=O) groups is 2. The summed E-state index contributed by atoms with van der Waals surface area (Å²) in [4.78, 5) is 25.1. The summed E-state index contributed by atoms with van der Waals surface area (Å²) in [5.41, 5.74) is 2.44. The number of anilines is 2. The van der Waals surface area contributed by atoms with Gasteiger partial charge < -0.3 is 20.1 Å². The van der Waals surface area contributed by atoms with Crippen molar-refractivity contribution in [2.45, 2.75) is 20.4 Å². The molecule has 0 aliphatic rings. The van der Waals surface area contributed by atoms with Gasteiger partial charge in [-0.25, -0.2) is 4.68 Å². The predicted molar refractivity (Wildman–Crippen MR) is 117 cm³/mol. The van der Waals surface area contributed by atoms with Crippen LogP contribution < -0.4 is 20.1 Å². The van der Waals surface area contributed by atoms with E-state index in [4.69, 9.17) is 21.1 Å². The van der Waals surface area contributed by atoms with Crippen LogP contribution in [0.5, 0.6) is 11.5 Å². The molecule has 3 aromatic rings. The third-order valence-corrected chi connectivity index (χ3v) is 5.01. The Hall–Kier alpha value is -3.59. The number of methoxy groups -OCH3 is 2. The first-order valence-corrected chi connectivity index (χ1v) is 9.69. The number of carbonyl (C=O) groups excluding carboxylic acids is 2.